The van der Waals surface area contributed by atoms with E-state index in [9.17, 15) is 4.79 Å². The molecule has 19 heavy (non-hydrogen) atoms. The summed E-state index contributed by atoms with van der Waals surface area (Å²) in [5.41, 5.74) is 5.30. The molecule has 0 saturated carbocycles. The molecule has 2 N–H and O–H groups in total. The second kappa shape index (κ2) is 5.75. The number of nitrogens with two attached hydrogens (primary N) is 1. The summed E-state index contributed by atoms with van der Waals surface area (Å²) < 4.78 is 5.31. The van der Waals surface area contributed by atoms with Crippen LogP contribution in [0.15, 0.2) is 25.3 Å². The summed E-state index contributed by atoms with van der Waals surface area (Å²) in [6.07, 6.45) is 3.29. The molecule has 0 aromatic rings. The van der Waals surface area contributed by atoms with Gasteiger partial charge in [0.1, 0.15) is 11.3 Å². The van der Waals surface area contributed by atoms with Gasteiger partial charge < -0.3 is 15.4 Å². The van der Waals surface area contributed by atoms with Crippen LogP contribution in [0.5, 0.6) is 0 Å². The third-order valence-corrected chi connectivity index (χ3v) is 2.91. The first-order chi connectivity index (χ1) is 8.72. The van der Waals surface area contributed by atoms with E-state index in [-0.39, 0.29) is 6.09 Å². The molecule has 1 rings (SSSR count). The summed E-state index contributed by atoms with van der Waals surface area (Å²) >= 11 is 0. The molecule has 0 aromatic heterocycles. The molecule has 0 aromatic carbocycles. The number of likely N-dealkylation sites (tertiary alicyclic amines) is 1. The minimum atomic E-state index is -0.515. The van der Waals surface area contributed by atoms with Crippen LogP contribution in [0, 0.1) is 0 Å². The molecule has 1 aliphatic rings. The van der Waals surface area contributed by atoms with Gasteiger partial charge >= 0.3 is 6.09 Å². The second-order valence-corrected chi connectivity index (χ2v) is 5.92. The van der Waals surface area contributed by atoms with Gasteiger partial charge in [0, 0.05) is 13.1 Å². The molecule has 0 radical (unpaired) electrons. The number of hydrogen-bond acceptors (Lipinski definition) is 4. The van der Waals surface area contributed by atoms with E-state index in [1.807, 2.05) is 25.7 Å². The molecule has 0 unspecified atom stereocenters. The summed E-state index contributed by atoms with van der Waals surface area (Å²) in [5.74, 6) is 0. The van der Waals surface area contributed by atoms with Crippen LogP contribution in [-0.4, -0.2) is 53.3 Å². The van der Waals surface area contributed by atoms with E-state index < -0.39 is 11.3 Å². The lowest BCUT2D eigenvalue weighted by Crippen LogP contribution is -2.76. The lowest BCUT2D eigenvalue weighted by Gasteiger charge is -2.52. The minimum Gasteiger partial charge on any atom is -0.444 e. The van der Waals surface area contributed by atoms with Gasteiger partial charge in [-0.15, -0.1) is 13.2 Å². The second-order valence-electron chi connectivity index (χ2n) is 5.92. The largest absolute Gasteiger partial charge is 0.444 e. The number of carbonyl (C=O) groups excluding carboxylic acids is 1. The molecule has 0 aliphatic carbocycles. The van der Waals surface area contributed by atoms with Crippen molar-refractivity contribution in [2.24, 2.45) is 5.73 Å². The third-order valence-electron chi connectivity index (χ3n) is 2.91. The van der Waals surface area contributed by atoms with Gasteiger partial charge in [-0.1, -0.05) is 12.2 Å². The van der Waals surface area contributed by atoms with Crippen LogP contribution in [0.4, 0.5) is 4.79 Å². The van der Waals surface area contributed by atoms with Gasteiger partial charge in [-0.2, -0.15) is 0 Å². The molecule has 0 spiro atoms. The maximum absolute atomic E-state index is 11.9. The lowest BCUT2D eigenvalue weighted by molar-refractivity contribution is -0.0548. The topological polar surface area (TPSA) is 58.8 Å². The number of nitrogens with zero attached hydrogens (tertiary/aromatic N) is 2. The molecule has 1 aliphatic heterocycles. The van der Waals surface area contributed by atoms with E-state index >= 15 is 0 Å². The zero-order valence-electron chi connectivity index (χ0n) is 12.2. The Kier molecular flexibility index (Phi) is 4.76. The lowest BCUT2D eigenvalue weighted by atomic mass is 9.99. The van der Waals surface area contributed by atoms with Crippen molar-refractivity contribution in [2.75, 3.05) is 26.2 Å². The molecule has 0 atom stereocenters. The highest BCUT2D eigenvalue weighted by atomic mass is 16.6. The van der Waals surface area contributed by atoms with E-state index in [0.717, 1.165) is 0 Å². The first kappa shape index (κ1) is 15.7. The zero-order valence-corrected chi connectivity index (χ0v) is 12.2. The molecule has 1 heterocycles. The first-order valence-corrected chi connectivity index (χ1v) is 6.45. The predicted octanol–water partition coefficient (Wildman–Crippen LogP) is 1.57. The molecule has 1 fully saturated rings. The summed E-state index contributed by atoms with van der Waals surface area (Å²) in [4.78, 5) is 15.5. The molecule has 108 valence electrons. The molecular weight excluding hydrogens is 242 g/mol. The van der Waals surface area contributed by atoms with Gasteiger partial charge in [0.25, 0.3) is 0 Å². The fourth-order valence-corrected chi connectivity index (χ4v) is 2.02. The number of carbonyl (C=O) groups is 1. The normalized spacial score (nSPS) is 17.8. The summed E-state index contributed by atoms with van der Waals surface area (Å²) in [6, 6.07) is 0. The number of hydrogen-bond donors (Lipinski definition) is 1. The molecule has 1 saturated heterocycles. The minimum absolute atomic E-state index is 0.314. The maximum Gasteiger partial charge on any atom is 0.410 e. The SMILES string of the molecule is C=CCN(CC=C)C1(N)CN(C(=O)OC(C)(C)C)C1. The molecular formula is C14H25N3O2. The number of amides is 1. The summed E-state index contributed by atoms with van der Waals surface area (Å²) in [5, 5.41) is 0. The average molecular weight is 267 g/mol. The molecule has 5 heteroatoms. The maximum atomic E-state index is 11.9. The Morgan fingerprint density at radius 2 is 1.84 bits per heavy atom. The van der Waals surface area contributed by atoms with Crippen molar-refractivity contribution in [2.45, 2.75) is 32.0 Å². The van der Waals surface area contributed by atoms with Crippen LogP contribution in [0.1, 0.15) is 20.8 Å². The fourth-order valence-electron chi connectivity index (χ4n) is 2.02. The van der Waals surface area contributed by atoms with E-state index in [2.05, 4.69) is 13.2 Å². The first-order valence-electron chi connectivity index (χ1n) is 6.45. The van der Waals surface area contributed by atoms with Crippen LogP contribution in [0.25, 0.3) is 0 Å². The van der Waals surface area contributed by atoms with E-state index in [0.29, 0.717) is 26.2 Å². The quantitative estimate of drug-likeness (QED) is 0.607. The van der Waals surface area contributed by atoms with E-state index in [4.69, 9.17) is 10.5 Å². The van der Waals surface area contributed by atoms with Crippen LogP contribution >= 0.6 is 0 Å². The Balaban J connectivity index is 2.56. The Bertz CT molecular complexity index is 344. The number of rotatable bonds is 5. The molecule has 0 bridgehead atoms. The smallest absolute Gasteiger partial charge is 0.410 e. The summed E-state index contributed by atoms with van der Waals surface area (Å²) in [6.45, 7) is 15.3. The van der Waals surface area contributed by atoms with Gasteiger partial charge in [0.05, 0.1) is 13.1 Å². The van der Waals surface area contributed by atoms with Gasteiger partial charge in [-0.3, -0.25) is 4.90 Å². The van der Waals surface area contributed by atoms with E-state index in [1.54, 1.807) is 17.1 Å². The van der Waals surface area contributed by atoms with Crippen molar-refractivity contribution in [3.63, 3.8) is 0 Å². The van der Waals surface area contributed by atoms with E-state index in [1.165, 1.54) is 0 Å². The van der Waals surface area contributed by atoms with Crippen molar-refractivity contribution in [1.29, 1.82) is 0 Å². The van der Waals surface area contributed by atoms with Gasteiger partial charge in [0.15, 0.2) is 0 Å². The predicted molar refractivity (Wildman–Crippen MR) is 76.7 cm³/mol. The van der Waals surface area contributed by atoms with Gasteiger partial charge in [-0.25, -0.2) is 4.79 Å². The van der Waals surface area contributed by atoms with Crippen molar-refractivity contribution < 1.29 is 9.53 Å². The Morgan fingerprint density at radius 3 is 2.21 bits per heavy atom. The van der Waals surface area contributed by atoms with Crippen LogP contribution in [0.2, 0.25) is 0 Å². The highest BCUT2D eigenvalue weighted by molar-refractivity contribution is 5.69. The highest BCUT2D eigenvalue weighted by Gasteiger charge is 2.47. The monoisotopic (exact) mass is 267 g/mol. The van der Waals surface area contributed by atoms with Crippen molar-refractivity contribution in [3.8, 4) is 0 Å². The summed E-state index contributed by atoms with van der Waals surface area (Å²) in [7, 11) is 0. The van der Waals surface area contributed by atoms with Gasteiger partial charge in [0.2, 0.25) is 0 Å². The zero-order chi connectivity index (χ0) is 14.7. The van der Waals surface area contributed by atoms with Crippen molar-refractivity contribution in [3.05, 3.63) is 25.3 Å². The average Bonchev–Trinajstić information content (AvgIpc) is 2.22. The Hall–Kier alpha value is -1.33. The van der Waals surface area contributed by atoms with Crippen molar-refractivity contribution in [1.82, 2.24) is 9.80 Å². The molecule has 5 nitrogen and oxygen atoms in total. The highest BCUT2D eigenvalue weighted by Crippen LogP contribution is 2.24. The molecule has 1 amide bonds. The fraction of sp³-hybridized carbons (Fsp3) is 0.643. The third kappa shape index (κ3) is 4.08. The van der Waals surface area contributed by atoms with Crippen LogP contribution in [0.3, 0.4) is 0 Å². The Labute approximate surface area is 115 Å². The standard InChI is InChI=1S/C14H25N3O2/c1-6-8-17(9-7-2)14(15)10-16(11-14)12(18)19-13(3,4)5/h6-7H,1-2,8-11,15H2,3-5H3. The number of ether oxygens (including phenoxy) is 1. The Morgan fingerprint density at radius 1 is 1.37 bits per heavy atom. The van der Waals surface area contributed by atoms with Crippen molar-refractivity contribution >= 4 is 6.09 Å². The van der Waals surface area contributed by atoms with Crippen LogP contribution in [-0.2, 0) is 4.74 Å². The van der Waals surface area contributed by atoms with Crippen LogP contribution < -0.4 is 5.73 Å². The van der Waals surface area contributed by atoms with Gasteiger partial charge in [-0.05, 0) is 20.8 Å².